The molecule has 1 fully saturated rings. The van der Waals surface area contributed by atoms with Crippen molar-refractivity contribution in [2.24, 2.45) is 0 Å². The molecular weight excluding hydrogens is 300 g/mol. The summed E-state index contributed by atoms with van der Waals surface area (Å²) >= 11 is 0. The second-order valence-electron chi connectivity index (χ2n) is 4.92. The van der Waals surface area contributed by atoms with E-state index >= 15 is 0 Å². The van der Waals surface area contributed by atoms with E-state index in [1.54, 1.807) is 0 Å². The van der Waals surface area contributed by atoms with Crippen molar-refractivity contribution < 1.29 is 31.1 Å². The van der Waals surface area contributed by atoms with Gasteiger partial charge in [0.05, 0.1) is 12.2 Å². The minimum absolute atomic E-state index is 0.0857. The molecule has 0 saturated carbocycles. The Morgan fingerprint density at radius 3 is 2.38 bits per heavy atom. The predicted molar refractivity (Wildman–Crippen MR) is 62.6 cm³/mol. The van der Waals surface area contributed by atoms with Crippen LogP contribution < -0.4 is 5.32 Å². The standard InChI is InChI=1S/C13H13F6NO/c14-11(15)21-6-10-5-12(16,7-20-10)8-1-3-9(4-2-8)13(17,18)19/h1-4,10-11,20H,5-7H2. The Morgan fingerprint density at radius 2 is 1.86 bits per heavy atom. The Balaban J connectivity index is 2.04. The number of hydrogen-bond donors (Lipinski definition) is 1. The van der Waals surface area contributed by atoms with Crippen LogP contribution >= 0.6 is 0 Å². The van der Waals surface area contributed by atoms with E-state index in [0.717, 1.165) is 24.3 Å². The minimum Gasteiger partial charge on any atom is -0.321 e. The van der Waals surface area contributed by atoms with Crippen LogP contribution in [0.2, 0.25) is 0 Å². The van der Waals surface area contributed by atoms with E-state index in [4.69, 9.17) is 0 Å². The molecule has 1 aliphatic heterocycles. The van der Waals surface area contributed by atoms with Crippen molar-refractivity contribution in [1.29, 1.82) is 0 Å². The van der Waals surface area contributed by atoms with E-state index in [1.165, 1.54) is 0 Å². The SMILES string of the molecule is FC(F)OCC1CC(F)(c2ccc(C(F)(F)F)cc2)CN1. The average molecular weight is 313 g/mol. The van der Waals surface area contributed by atoms with Gasteiger partial charge in [-0.1, -0.05) is 12.1 Å². The lowest BCUT2D eigenvalue weighted by molar-refractivity contribution is -0.137. The Hall–Kier alpha value is -1.28. The van der Waals surface area contributed by atoms with Gasteiger partial charge in [-0.3, -0.25) is 0 Å². The van der Waals surface area contributed by atoms with Crippen molar-refractivity contribution in [1.82, 2.24) is 5.32 Å². The number of alkyl halides is 6. The highest BCUT2D eigenvalue weighted by atomic mass is 19.4. The van der Waals surface area contributed by atoms with Gasteiger partial charge in [-0.15, -0.1) is 0 Å². The monoisotopic (exact) mass is 313 g/mol. The Labute approximate surface area is 117 Å². The molecular formula is C13H13F6NO. The molecule has 1 aromatic rings. The first kappa shape index (κ1) is 16.1. The lowest BCUT2D eigenvalue weighted by atomic mass is 9.92. The molecule has 8 heteroatoms. The summed E-state index contributed by atoms with van der Waals surface area (Å²) in [6.45, 7) is -3.45. The largest absolute Gasteiger partial charge is 0.416 e. The normalized spacial score (nSPS) is 26.5. The van der Waals surface area contributed by atoms with Crippen molar-refractivity contribution >= 4 is 0 Å². The molecule has 21 heavy (non-hydrogen) atoms. The molecule has 1 aromatic carbocycles. The number of ether oxygens (including phenoxy) is 1. The van der Waals surface area contributed by atoms with Gasteiger partial charge in [0.2, 0.25) is 0 Å². The van der Waals surface area contributed by atoms with Crippen LogP contribution in [0.5, 0.6) is 0 Å². The van der Waals surface area contributed by atoms with E-state index in [9.17, 15) is 26.3 Å². The summed E-state index contributed by atoms with van der Waals surface area (Å²) in [5, 5.41) is 2.69. The zero-order valence-electron chi connectivity index (χ0n) is 10.8. The van der Waals surface area contributed by atoms with Gasteiger partial charge in [-0.2, -0.15) is 22.0 Å². The van der Waals surface area contributed by atoms with Crippen LogP contribution in [-0.2, 0) is 16.6 Å². The second-order valence-corrected chi connectivity index (χ2v) is 4.92. The quantitative estimate of drug-likeness (QED) is 0.860. The fourth-order valence-corrected chi connectivity index (χ4v) is 2.33. The Morgan fingerprint density at radius 1 is 1.24 bits per heavy atom. The molecule has 0 amide bonds. The van der Waals surface area contributed by atoms with Gasteiger partial charge in [-0.05, 0) is 17.7 Å². The molecule has 2 atom stereocenters. The smallest absolute Gasteiger partial charge is 0.321 e. The third kappa shape index (κ3) is 3.88. The van der Waals surface area contributed by atoms with Crippen LogP contribution in [0.15, 0.2) is 24.3 Å². The lowest BCUT2D eigenvalue weighted by Crippen LogP contribution is -2.27. The third-order valence-corrected chi connectivity index (χ3v) is 3.39. The molecule has 0 spiro atoms. The van der Waals surface area contributed by atoms with Crippen molar-refractivity contribution in [2.45, 2.75) is 30.9 Å². The highest BCUT2D eigenvalue weighted by molar-refractivity contribution is 5.30. The van der Waals surface area contributed by atoms with Crippen molar-refractivity contribution in [3.05, 3.63) is 35.4 Å². The maximum Gasteiger partial charge on any atom is 0.416 e. The summed E-state index contributed by atoms with van der Waals surface area (Å²) in [7, 11) is 0. The maximum absolute atomic E-state index is 14.7. The molecule has 1 saturated heterocycles. The van der Waals surface area contributed by atoms with Gasteiger partial charge in [0.15, 0.2) is 0 Å². The number of benzene rings is 1. The highest BCUT2D eigenvalue weighted by Crippen LogP contribution is 2.37. The zero-order chi connectivity index (χ0) is 15.7. The van der Waals surface area contributed by atoms with E-state index in [-0.39, 0.29) is 25.1 Å². The molecule has 1 heterocycles. The molecule has 0 bridgehead atoms. The van der Waals surface area contributed by atoms with Gasteiger partial charge in [0.25, 0.3) is 0 Å². The highest BCUT2D eigenvalue weighted by Gasteiger charge is 2.41. The van der Waals surface area contributed by atoms with E-state index in [2.05, 4.69) is 10.1 Å². The molecule has 2 rings (SSSR count). The summed E-state index contributed by atoms with van der Waals surface area (Å²) in [5.41, 5.74) is -2.67. The van der Waals surface area contributed by atoms with E-state index in [0.29, 0.717) is 0 Å². The molecule has 0 aromatic heterocycles. The first-order chi connectivity index (χ1) is 9.71. The fraction of sp³-hybridized carbons (Fsp3) is 0.538. The molecule has 2 unspecified atom stereocenters. The van der Waals surface area contributed by atoms with Crippen molar-refractivity contribution in [3.63, 3.8) is 0 Å². The van der Waals surface area contributed by atoms with Crippen LogP contribution in [-0.4, -0.2) is 25.8 Å². The second kappa shape index (κ2) is 5.84. The van der Waals surface area contributed by atoms with Gasteiger partial charge in [-0.25, -0.2) is 4.39 Å². The van der Waals surface area contributed by atoms with Gasteiger partial charge in [0, 0.05) is 19.0 Å². The van der Waals surface area contributed by atoms with Crippen LogP contribution in [0.3, 0.4) is 0 Å². The van der Waals surface area contributed by atoms with Gasteiger partial charge >= 0.3 is 12.8 Å². The van der Waals surface area contributed by atoms with Gasteiger partial charge < -0.3 is 10.1 Å². The Kier molecular flexibility index (Phi) is 4.48. The summed E-state index contributed by atoms with van der Waals surface area (Å²) in [4.78, 5) is 0. The van der Waals surface area contributed by atoms with Crippen LogP contribution in [0.4, 0.5) is 26.3 Å². The summed E-state index contributed by atoms with van der Waals surface area (Å²) in [6, 6.07) is 3.15. The number of hydrogen-bond acceptors (Lipinski definition) is 2. The van der Waals surface area contributed by atoms with E-state index < -0.39 is 30.1 Å². The zero-order valence-corrected chi connectivity index (χ0v) is 10.8. The third-order valence-electron chi connectivity index (χ3n) is 3.39. The molecule has 0 aliphatic carbocycles. The first-order valence-electron chi connectivity index (χ1n) is 6.20. The lowest BCUT2D eigenvalue weighted by Gasteiger charge is -2.20. The Bertz CT molecular complexity index is 475. The first-order valence-corrected chi connectivity index (χ1v) is 6.20. The molecule has 1 aliphatic rings. The predicted octanol–water partition coefficient (Wildman–Crippen LogP) is 3.47. The summed E-state index contributed by atoms with van der Waals surface area (Å²) in [5.74, 6) is 0. The number of rotatable bonds is 4. The number of nitrogens with one attached hydrogen (secondary N) is 1. The van der Waals surface area contributed by atoms with Crippen molar-refractivity contribution in [3.8, 4) is 0 Å². The average Bonchev–Trinajstić information content (AvgIpc) is 2.79. The molecule has 2 nitrogen and oxygen atoms in total. The summed E-state index contributed by atoms with van der Waals surface area (Å²) < 4.78 is 79.9. The van der Waals surface area contributed by atoms with Crippen LogP contribution in [0.1, 0.15) is 17.5 Å². The minimum atomic E-state index is -4.48. The molecule has 0 radical (unpaired) electrons. The molecule has 118 valence electrons. The fourth-order valence-electron chi connectivity index (χ4n) is 2.33. The van der Waals surface area contributed by atoms with Crippen LogP contribution in [0, 0.1) is 0 Å². The maximum atomic E-state index is 14.7. The molecule has 1 N–H and O–H groups in total. The van der Waals surface area contributed by atoms with Gasteiger partial charge in [0.1, 0.15) is 5.67 Å². The van der Waals surface area contributed by atoms with Crippen LogP contribution in [0.25, 0.3) is 0 Å². The van der Waals surface area contributed by atoms with E-state index in [1.807, 2.05) is 0 Å². The topological polar surface area (TPSA) is 21.3 Å². The van der Waals surface area contributed by atoms with Crippen molar-refractivity contribution in [2.75, 3.05) is 13.2 Å². The summed E-state index contributed by atoms with van der Waals surface area (Å²) in [6.07, 6.45) is -4.62. The number of halogens is 6.